The van der Waals surface area contributed by atoms with Crippen molar-refractivity contribution in [2.24, 2.45) is 0 Å². The van der Waals surface area contributed by atoms with Crippen molar-refractivity contribution in [3.8, 4) is 0 Å². The van der Waals surface area contributed by atoms with Gasteiger partial charge >= 0.3 is 120 Å². The number of rotatable bonds is 3. The minimum absolute atomic E-state index is 0. The Morgan fingerprint density at radius 3 is 1.65 bits per heavy atom. The third-order valence-electron chi connectivity index (χ3n) is 4.75. The molecule has 0 unspecified atom stereocenters. The average molecular weight is 406 g/mol. The molecule has 0 atom stereocenters. The topological polar surface area (TPSA) is 0 Å². The molecule has 3 aliphatic rings. The van der Waals surface area contributed by atoms with Gasteiger partial charge in [0.2, 0.25) is 0 Å². The Hall–Kier alpha value is 0.640. The fourth-order valence-electron chi connectivity index (χ4n) is 3.76. The molecule has 0 amide bonds. The second-order valence-electron chi connectivity index (χ2n) is 5.93. The van der Waals surface area contributed by atoms with Gasteiger partial charge < -0.3 is 24.8 Å². The predicted molar refractivity (Wildman–Crippen MR) is 78.9 cm³/mol. The van der Waals surface area contributed by atoms with Gasteiger partial charge in [0.05, 0.1) is 0 Å². The summed E-state index contributed by atoms with van der Waals surface area (Å²) < 4.78 is 3.96. The van der Waals surface area contributed by atoms with E-state index in [2.05, 4.69) is 38.2 Å². The number of hydrogen-bond acceptors (Lipinski definition) is 0. The van der Waals surface area contributed by atoms with E-state index < -0.39 is 20.9 Å². The zero-order valence-corrected chi connectivity index (χ0v) is 17.5. The Morgan fingerprint density at radius 1 is 0.850 bits per heavy atom. The minimum atomic E-state index is -1.41. The van der Waals surface area contributed by atoms with Gasteiger partial charge in [-0.2, -0.15) is 0 Å². The fourth-order valence-corrected chi connectivity index (χ4v) is 30.9. The van der Waals surface area contributed by atoms with Gasteiger partial charge in [-0.1, -0.05) is 0 Å². The fraction of sp³-hybridized carbons (Fsp3) is 0.500. The number of hydrogen-bond donors (Lipinski definition) is 0. The van der Waals surface area contributed by atoms with E-state index in [1.807, 2.05) is 6.56 Å². The Balaban J connectivity index is 0.000001000. The zero-order valence-electron chi connectivity index (χ0n) is 12.4. The molecule has 20 heavy (non-hydrogen) atoms. The van der Waals surface area contributed by atoms with Crippen LogP contribution in [0.15, 0.2) is 42.0 Å². The summed E-state index contributed by atoms with van der Waals surface area (Å²) >= 11 is -1.41. The zero-order chi connectivity index (χ0) is 12.5. The van der Waals surface area contributed by atoms with Gasteiger partial charge in [-0.15, -0.1) is 0 Å². The van der Waals surface area contributed by atoms with Crippen molar-refractivity contribution >= 4 is 5.92 Å². The van der Waals surface area contributed by atoms with E-state index in [9.17, 15) is 0 Å². The molecule has 3 rings (SSSR count). The third kappa shape index (κ3) is 3.69. The van der Waals surface area contributed by atoms with Crippen molar-refractivity contribution in [1.29, 1.82) is 0 Å². The Morgan fingerprint density at radius 2 is 1.30 bits per heavy atom. The standard InChI is InChI=1S/2C6H7.C4H9Si.2ClH.Zr/c2*1-6-4-2-3-5-6;1-2-4-5-3-1;;;/h2*2,4H,3H2,1H3;5H,1-4H2;2*1H;/q;;;;;+2/p-2. The van der Waals surface area contributed by atoms with E-state index in [1.54, 1.807) is 36.1 Å². The first-order valence-electron chi connectivity index (χ1n) is 7.37. The molecule has 0 aromatic heterocycles. The first kappa shape index (κ1) is 18.7. The largest absolute Gasteiger partial charge is 1.00 e. The van der Waals surface area contributed by atoms with Crippen LogP contribution in [0.25, 0.3) is 0 Å². The average Bonchev–Trinajstić information content (AvgIpc) is 3.05. The summed E-state index contributed by atoms with van der Waals surface area (Å²) in [5, 5.41) is 0. The number of allylic oxidation sites excluding steroid dienone is 8. The van der Waals surface area contributed by atoms with Gasteiger partial charge in [0.1, 0.15) is 0 Å². The van der Waals surface area contributed by atoms with Gasteiger partial charge in [0.15, 0.2) is 0 Å². The monoisotopic (exact) mass is 403 g/mol. The van der Waals surface area contributed by atoms with Gasteiger partial charge in [0, 0.05) is 0 Å². The van der Waals surface area contributed by atoms with E-state index in [4.69, 9.17) is 0 Å². The molecule has 1 saturated heterocycles. The Bertz CT molecular complexity index is 435. The maximum absolute atomic E-state index is 2.42. The van der Waals surface area contributed by atoms with Crippen LogP contribution in [-0.4, -0.2) is 5.92 Å². The van der Waals surface area contributed by atoms with Crippen molar-refractivity contribution in [2.75, 3.05) is 0 Å². The second kappa shape index (κ2) is 8.32. The molecular formula is C16H23Cl2SiZr. The molecule has 1 fully saturated rings. The minimum Gasteiger partial charge on any atom is -1.00 e. The Labute approximate surface area is 144 Å². The van der Waals surface area contributed by atoms with E-state index in [0.29, 0.717) is 0 Å². The van der Waals surface area contributed by atoms with Gasteiger partial charge in [-0.25, -0.2) is 0 Å². The van der Waals surface area contributed by atoms with Crippen molar-refractivity contribution in [2.45, 2.75) is 51.6 Å². The van der Waals surface area contributed by atoms with Crippen LogP contribution < -0.4 is 24.8 Å². The van der Waals surface area contributed by atoms with Crippen molar-refractivity contribution in [3.05, 3.63) is 42.0 Å². The molecule has 1 aliphatic heterocycles. The summed E-state index contributed by atoms with van der Waals surface area (Å²) in [5.74, 6) is -0.378. The molecule has 0 nitrogen and oxygen atoms in total. The van der Waals surface area contributed by atoms with Crippen LogP contribution in [0.5, 0.6) is 0 Å². The maximum Gasteiger partial charge on any atom is -1.00 e. The normalized spacial score (nSPS) is 21.5. The molecule has 1 heterocycles. The molecule has 0 bridgehead atoms. The summed E-state index contributed by atoms with van der Waals surface area (Å²) in [5.41, 5.74) is 3.33. The van der Waals surface area contributed by atoms with Crippen molar-refractivity contribution < 1.29 is 45.7 Å². The molecule has 0 saturated carbocycles. The molecule has 109 valence electrons. The molecule has 0 radical (unpaired) electrons. The summed E-state index contributed by atoms with van der Waals surface area (Å²) in [6, 6.07) is 3.34. The second-order valence-corrected chi connectivity index (χ2v) is 22.9. The van der Waals surface area contributed by atoms with Crippen molar-refractivity contribution in [1.82, 2.24) is 0 Å². The van der Waals surface area contributed by atoms with Crippen LogP contribution >= 0.6 is 0 Å². The first-order chi connectivity index (χ1) is 8.77. The summed E-state index contributed by atoms with van der Waals surface area (Å²) in [6.07, 6.45) is 15.4. The summed E-state index contributed by atoms with van der Waals surface area (Å²) in [6.45, 7) is 4.75. The van der Waals surface area contributed by atoms with Crippen LogP contribution in [0.2, 0.25) is 12.1 Å². The molecular weight excluding hydrogens is 382 g/mol. The molecule has 0 spiro atoms. The molecule has 0 aromatic carbocycles. The predicted octanol–water partition coefficient (Wildman–Crippen LogP) is -1.40. The first-order valence-corrected chi connectivity index (χ1v) is 16.3. The van der Waals surface area contributed by atoms with Crippen LogP contribution in [0.4, 0.5) is 0 Å². The Kier molecular flexibility index (Phi) is 7.77. The molecule has 4 heteroatoms. The van der Waals surface area contributed by atoms with E-state index >= 15 is 0 Å². The third-order valence-corrected chi connectivity index (χ3v) is 28.3. The van der Waals surface area contributed by atoms with E-state index in [1.165, 1.54) is 12.8 Å². The molecule has 0 N–H and O–H groups in total. The van der Waals surface area contributed by atoms with Crippen LogP contribution in [-0.2, 0) is 20.9 Å². The summed E-state index contributed by atoms with van der Waals surface area (Å²) in [7, 11) is 0. The van der Waals surface area contributed by atoms with Gasteiger partial charge in [-0.3, -0.25) is 0 Å². The van der Waals surface area contributed by atoms with E-state index in [-0.39, 0.29) is 30.7 Å². The molecule has 0 aromatic rings. The SMILES string of the molecule is CC1=[C]([Zr+2]([C]2=C(C)C=CC2)[SiH]2CCCC2)CC=C1.[Cl-].[Cl-]. The van der Waals surface area contributed by atoms with E-state index in [0.717, 1.165) is 0 Å². The van der Waals surface area contributed by atoms with Crippen molar-refractivity contribution in [3.63, 3.8) is 0 Å². The molecule has 2 aliphatic carbocycles. The van der Waals surface area contributed by atoms with Gasteiger partial charge in [0.25, 0.3) is 0 Å². The van der Waals surface area contributed by atoms with Gasteiger partial charge in [-0.05, 0) is 0 Å². The van der Waals surface area contributed by atoms with Crippen LogP contribution in [0.3, 0.4) is 0 Å². The smallest absolute Gasteiger partial charge is 1.00 e. The van der Waals surface area contributed by atoms with Crippen LogP contribution in [0.1, 0.15) is 39.5 Å². The quantitative estimate of drug-likeness (QED) is 0.507. The van der Waals surface area contributed by atoms with Crippen LogP contribution in [0, 0.1) is 0 Å². The summed E-state index contributed by atoms with van der Waals surface area (Å²) in [4.78, 5) is 0. The maximum atomic E-state index is 2.42. The number of halogens is 2.